The number of hydrogen-bond acceptors (Lipinski definition) is 3. The van der Waals surface area contributed by atoms with Crippen molar-refractivity contribution in [2.75, 3.05) is 0 Å². The molecule has 1 N–H and O–H groups in total. The number of aromatic nitrogens is 1. The predicted octanol–water partition coefficient (Wildman–Crippen LogP) is 2.14. The van der Waals surface area contributed by atoms with Gasteiger partial charge in [0.1, 0.15) is 5.75 Å². The van der Waals surface area contributed by atoms with E-state index in [1.165, 1.54) is 0 Å². The molecule has 0 aromatic carbocycles. The Hall–Kier alpha value is -1.09. The number of hydrogen-bond donors (Lipinski definition) is 1. The van der Waals surface area contributed by atoms with Gasteiger partial charge in [-0.25, -0.2) is 0 Å². The average molecular weight is 195 g/mol. The fourth-order valence-corrected chi connectivity index (χ4v) is 1.33. The van der Waals surface area contributed by atoms with Crippen LogP contribution in [-0.2, 0) is 6.61 Å². The minimum absolute atomic E-state index is 0.0258. The predicted molar refractivity (Wildman–Crippen MR) is 55.2 cm³/mol. The van der Waals surface area contributed by atoms with Crippen molar-refractivity contribution in [1.82, 2.24) is 4.98 Å². The first-order valence-electron chi connectivity index (χ1n) is 4.98. The van der Waals surface area contributed by atoms with Gasteiger partial charge in [-0.15, -0.1) is 0 Å². The molecule has 0 aliphatic carbocycles. The number of rotatable bonds is 5. The molecular weight excluding hydrogens is 178 g/mol. The topological polar surface area (TPSA) is 42.4 Å². The van der Waals surface area contributed by atoms with Crippen LogP contribution in [0.3, 0.4) is 0 Å². The molecule has 0 saturated heterocycles. The van der Waals surface area contributed by atoms with Gasteiger partial charge in [-0.3, -0.25) is 4.98 Å². The third-order valence-electron chi connectivity index (χ3n) is 2.05. The van der Waals surface area contributed by atoms with Gasteiger partial charge in [0.2, 0.25) is 0 Å². The SMILES string of the molecule is CCCC(C)Oc1ccncc1CO. The lowest BCUT2D eigenvalue weighted by molar-refractivity contribution is 0.199. The van der Waals surface area contributed by atoms with Crippen LogP contribution in [0.5, 0.6) is 5.75 Å². The van der Waals surface area contributed by atoms with Crippen molar-refractivity contribution in [2.24, 2.45) is 0 Å². The molecule has 0 fully saturated rings. The average Bonchev–Trinajstić information content (AvgIpc) is 2.19. The van der Waals surface area contributed by atoms with Crippen molar-refractivity contribution >= 4 is 0 Å². The molecule has 78 valence electrons. The van der Waals surface area contributed by atoms with E-state index in [0.29, 0.717) is 0 Å². The summed E-state index contributed by atoms with van der Waals surface area (Å²) in [5.41, 5.74) is 0.746. The van der Waals surface area contributed by atoms with Crippen LogP contribution in [0.1, 0.15) is 32.3 Å². The molecule has 1 unspecified atom stereocenters. The van der Waals surface area contributed by atoms with Crippen LogP contribution in [0, 0.1) is 0 Å². The third-order valence-corrected chi connectivity index (χ3v) is 2.05. The summed E-state index contributed by atoms with van der Waals surface area (Å²) in [4.78, 5) is 3.93. The molecule has 0 saturated carbocycles. The molecular formula is C11H17NO2. The van der Waals surface area contributed by atoms with Gasteiger partial charge in [-0.05, 0) is 19.4 Å². The van der Waals surface area contributed by atoms with Gasteiger partial charge in [0.05, 0.1) is 12.7 Å². The van der Waals surface area contributed by atoms with E-state index < -0.39 is 0 Å². The highest BCUT2D eigenvalue weighted by atomic mass is 16.5. The second-order valence-electron chi connectivity index (χ2n) is 3.36. The second kappa shape index (κ2) is 5.60. The summed E-state index contributed by atoms with van der Waals surface area (Å²) in [7, 11) is 0. The van der Waals surface area contributed by atoms with Crippen LogP contribution in [0.4, 0.5) is 0 Å². The number of aliphatic hydroxyl groups is 1. The minimum Gasteiger partial charge on any atom is -0.490 e. The van der Waals surface area contributed by atoms with Crippen LogP contribution < -0.4 is 4.74 Å². The van der Waals surface area contributed by atoms with E-state index in [1.54, 1.807) is 18.5 Å². The molecule has 1 heterocycles. The normalized spacial score (nSPS) is 12.5. The zero-order chi connectivity index (χ0) is 10.4. The number of ether oxygens (including phenoxy) is 1. The van der Waals surface area contributed by atoms with Gasteiger partial charge in [-0.1, -0.05) is 13.3 Å². The lowest BCUT2D eigenvalue weighted by atomic mass is 10.2. The molecule has 1 aromatic rings. The minimum atomic E-state index is -0.0258. The molecule has 0 radical (unpaired) electrons. The molecule has 1 atom stereocenters. The summed E-state index contributed by atoms with van der Waals surface area (Å²) < 4.78 is 5.68. The van der Waals surface area contributed by atoms with Gasteiger partial charge in [0.15, 0.2) is 0 Å². The number of nitrogens with zero attached hydrogens (tertiary/aromatic N) is 1. The van der Waals surface area contributed by atoms with Crippen LogP contribution in [0.25, 0.3) is 0 Å². The van der Waals surface area contributed by atoms with Crippen LogP contribution in [0.15, 0.2) is 18.5 Å². The van der Waals surface area contributed by atoms with E-state index in [0.717, 1.165) is 24.2 Å². The van der Waals surface area contributed by atoms with Gasteiger partial charge >= 0.3 is 0 Å². The lowest BCUT2D eigenvalue weighted by Gasteiger charge is -2.15. The molecule has 0 aliphatic rings. The summed E-state index contributed by atoms with van der Waals surface area (Å²) in [6, 6.07) is 1.79. The maximum atomic E-state index is 9.04. The highest BCUT2D eigenvalue weighted by molar-refractivity contribution is 5.29. The first kappa shape index (κ1) is 11.0. The molecule has 1 rings (SSSR count). The molecule has 0 amide bonds. The van der Waals surface area contributed by atoms with Crippen molar-refractivity contribution in [3.63, 3.8) is 0 Å². The zero-order valence-corrected chi connectivity index (χ0v) is 8.73. The highest BCUT2D eigenvalue weighted by Gasteiger charge is 2.06. The van der Waals surface area contributed by atoms with E-state index in [9.17, 15) is 0 Å². The lowest BCUT2D eigenvalue weighted by Crippen LogP contribution is -2.12. The first-order chi connectivity index (χ1) is 6.77. The Balaban J connectivity index is 2.65. The molecule has 3 nitrogen and oxygen atoms in total. The molecule has 3 heteroatoms. The zero-order valence-electron chi connectivity index (χ0n) is 8.73. The van der Waals surface area contributed by atoms with Crippen molar-refractivity contribution in [3.8, 4) is 5.75 Å². The fourth-order valence-electron chi connectivity index (χ4n) is 1.33. The summed E-state index contributed by atoms with van der Waals surface area (Å²) in [5.74, 6) is 0.739. The van der Waals surface area contributed by atoms with Crippen LogP contribution in [0.2, 0.25) is 0 Å². The summed E-state index contributed by atoms with van der Waals surface area (Å²) in [6.45, 7) is 4.13. The van der Waals surface area contributed by atoms with Crippen molar-refractivity contribution in [3.05, 3.63) is 24.0 Å². The van der Waals surface area contributed by atoms with E-state index in [1.807, 2.05) is 6.92 Å². The molecule has 14 heavy (non-hydrogen) atoms. The third kappa shape index (κ3) is 3.00. The van der Waals surface area contributed by atoms with Crippen molar-refractivity contribution in [2.45, 2.75) is 39.4 Å². The Morgan fingerprint density at radius 1 is 1.57 bits per heavy atom. The van der Waals surface area contributed by atoms with Gasteiger partial charge in [0.25, 0.3) is 0 Å². The fraction of sp³-hybridized carbons (Fsp3) is 0.545. The molecule has 1 aromatic heterocycles. The van der Waals surface area contributed by atoms with E-state index in [4.69, 9.17) is 9.84 Å². The summed E-state index contributed by atoms with van der Waals surface area (Å²) >= 11 is 0. The van der Waals surface area contributed by atoms with Crippen molar-refractivity contribution < 1.29 is 9.84 Å². The molecule has 0 spiro atoms. The highest BCUT2D eigenvalue weighted by Crippen LogP contribution is 2.18. The smallest absolute Gasteiger partial charge is 0.128 e. The summed E-state index contributed by atoms with van der Waals surface area (Å²) in [6.07, 6.45) is 5.61. The standard InChI is InChI=1S/C11H17NO2/c1-3-4-9(2)14-11-5-6-12-7-10(11)8-13/h5-7,9,13H,3-4,8H2,1-2H3. The Morgan fingerprint density at radius 2 is 2.36 bits per heavy atom. The van der Waals surface area contributed by atoms with Gasteiger partial charge < -0.3 is 9.84 Å². The number of aliphatic hydroxyl groups excluding tert-OH is 1. The molecule has 0 aliphatic heterocycles. The largest absolute Gasteiger partial charge is 0.490 e. The van der Waals surface area contributed by atoms with Gasteiger partial charge in [-0.2, -0.15) is 0 Å². The Kier molecular flexibility index (Phi) is 4.40. The van der Waals surface area contributed by atoms with E-state index >= 15 is 0 Å². The van der Waals surface area contributed by atoms with Crippen molar-refractivity contribution in [1.29, 1.82) is 0 Å². The van der Waals surface area contributed by atoms with E-state index in [-0.39, 0.29) is 12.7 Å². The quantitative estimate of drug-likeness (QED) is 0.782. The summed E-state index contributed by atoms with van der Waals surface area (Å²) in [5, 5.41) is 9.04. The van der Waals surface area contributed by atoms with Gasteiger partial charge in [0, 0.05) is 18.0 Å². The Bertz CT molecular complexity index is 276. The Labute approximate surface area is 84.7 Å². The van der Waals surface area contributed by atoms with E-state index in [2.05, 4.69) is 11.9 Å². The maximum absolute atomic E-state index is 9.04. The Morgan fingerprint density at radius 3 is 3.00 bits per heavy atom. The second-order valence-corrected chi connectivity index (χ2v) is 3.36. The van der Waals surface area contributed by atoms with Crippen LogP contribution in [-0.4, -0.2) is 16.2 Å². The number of pyridine rings is 1. The monoisotopic (exact) mass is 195 g/mol. The van der Waals surface area contributed by atoms with Crippen LogP contribution >= 0.6 is 0 Å². The maximum Gasteiger partial charge on any atom is 0.128 e. The first-order valence-corrected chi connectivity index (χ1v) is 4.98. The molecule has 0 bridgehead atoms.